The van der Waals surface area contributed by atoms with Crippen LogP contribution in [-0.2, 0) is 9.53 Å². The van der Waals surface area contributed by atoms with Crippen LogP contribution in [0.1, 0.15) is 35.2 Å². The molecule has 1 aliphatic rings. The van der Waals surface area contributed by atoms with E-state index in [4.69, 9.17) is 4.74 Å². The van der Waals surface area contributed by atoms with E-state index in [1.807, 2.05) is 19.1 Å². The third-order valence-corrected chi connectivity index (χ3v) is 4.96. The third kappa shape index (κ3) is 5.03. The maximum atomic E-state index is 12.2. The number of aryl methyl sites for hydroxylation is 1. The molecule has 0 spiro atoms. The maximum Gasteiger partial charge on any atom is 0.337 e. The molecule has 0 atom stereocenters. The van der Waals surface area contributed by atoms with Gasteiger partial charge in [0.1, 0.15) is 0 Å². The van der Waals surface area contributed by atoms with Crippen molar-refractivity contribution in [2.75, 3.05) is 42.3 Å². The molecule has 0 saturated carbocycles. The zero-order chi connectivity index (χ0) is 19.9. The van der Waals surface area contributed by atoms with E-state index in [2.05, 4.69) is 27.7 Å². The molecule has 0 aromatic heterocycles. The number of ether oxygens (including phenoxy) is 1. The summed E-state index contributed by atoms with van der Waals surface area (Å²) >= 11 is 0. The first-order valence-electron chi connectivity index (χ1n) is 9.64. The Balaban J connectivity index is 1.52. The normalized spacial score (nSPS) is 13.7. The number of methoxy groups -OCH3 is 1. The Labute approximate surface area is 165 Å². The van der Waals surface area contributed by atoms with Crippen molar-refractivity contribution in [1.29, 1.82) is 0 Å². The first-order chi connectivity index (χ1) is 13.6. The van der Waals surface area contributed by atoms with Gasteiger partial charge in [0.25, 0.3) is 0 Å². The van der Waals surface area contributed by atoms with Crippen LogP contribution >= 0.6 is 0 Å². The van der Waals surface area contributed by atoms with Crippen molar-refractivity contribution in [3.8, 4) is 0 Å². The molecule has 148 valence electrons. The number of amides is 1. The predicted octanol–water partition coefficient (Wildman–Crippen LogP) is 3.82. The van der Waals surface area contributed by atoms with E-state index >= 15 is 0 Å². The fourth-order valence-electron chi connectivity index (χ4n) is 3.40. The number of rotatable bonds is 6. The van der Waals surface area contributed by atoms with Crippen LogP contribution in [0.4, 0.5) is 17.1 Å². The smallest absolute Gasteiger partial charge is 0.337 e. The molecule has 6 nitrogen and oxygen atoms in total. The van der Waals surface area contributed by atoms with Gasteiger partial charge in [-0.05, 0) is 74.2 Å². The third-order valence-electron chi connectivity index (χ3n) is 4.96. The zero-order valence-corrected chi connectivity index (χ0v) is 16.5. The molecule has 28 heavy (non-hydrogen) atoms. The summed E-state index contributed by atoms with van der Waals surface area (Å²) in [6.07, 6.45) is 3.79. The lowest BCUT2D eigenvalue weighted by Crippen LogP contribution is -2.29. The SMILES string of the molecule is COC(=O)c1ccc(NCC(=O)Nc2ccc(N3CCCCC3)cc2)c(C)c1. The molecule has 1 aliphatic heterocycles. The van der Waals surface area contributed by atoms with Gasteiger partial charge in [-0.3, -0.25) is 4.79 Å². The first kappa shape index (κ1) is 19.7. The van der Waals surface area contributed by atoms with Crippen molar-refractivity contribution in [1.82, 2.24) is 0 Å². The Morgan fingerprint density at radius 2 is 1.75 bits per heavy atom. The Morgan fingerprint density at radius 3 is 2.39 bits per heavy atom. The minimum atomic E-state index is -0.375. The highest BCUT2D eigenvalue weighted by Crippen LogP contribution is 2.22. The van der Waals surface area contributed by atoms with Gasteiger partial charge in [0.2, 0.25) is 5.91 Å². The average Bonchev–Trinajstić information content (AvgIpc) is 2.73. The largest absolute Gasteiger partial charge is 0.465 e. The monoisotopic (exact) mass is 381 g/mol. The number of carbonyl (C=O) groups is 2. The lowest BCUT2D eigenvalue weighted by molar-refractivity contribution is -0.114. The second kappa shape index (κ2) is 9.26. The summed E-state index contributed by atoms with van der Waals surface area (Å²) in [6.45, 7) is 4.23. The minimum absolute atomic E-state index is 0.123. The number of nitrogens with one attached hydrogen (secondary N) is 2. The number of esters is 1. The van der Waals surface area contributed by atoms with E-state index in [0.29, 0.717) is 5.56 Å². The molecule has 1 amide bonds. The summed E-state index contributed by atoms with van der Waals surface area (Å²) in [7, 11) is 1.35. The molecule has 2 N–H and O–H groups in total. The first-order valence-corrected chi connectivity index (χ1v) is 9.64. The van der Waals surface area contributed by atoms with E-state index in [9.17, 15) is 9.59 Å². The summed E-state index contributed by atoms with van der Waals surface area (Å²) in [4.78, 5) is 26.2. The molecule has 1 fully saturated rings. The van der Waals surface area contributed by atoms with Crippen molar-refractivity contribution >= 4 is 28.9 Å². The van der Waals surface area contributed by atoms with Crippen LogP contribution in [0, 0.1) is 6.92 Å². The highest BCUT2D eigenvalue weighted by Gasteiger charge is 2.11. The Kier molecular flexibility index (Phi) is 6.53. The number of anilines is 3. The summed E-state index contributed by atoms with van der Waals surface area (Å²) in [5, 5.41) is 6.01. The standard InChI is InChI=1S/C22H27N3O3/c1-16-14-17(22(27)28-2)6-11-20(16)23-15-21(26)24-18-7-9-19(10-8-18)25-12-4-3-5-13-25/h6-11,14,23H,3-5,12-13,15H2,1-2H3,(H,24,26). The van der Waals surface area contributed by atoms with Gasteiger partial charge in [-0.2, -0.15) is 0 Å². The summed E-state index contributed by atoms with van der Waals surface area (Å²) in [5.74, 6) is -0.498. The Hall–Kier alpha value is -3.02. The van der Waals surface area contributed by atoms with E-state index in [1.54, 1.807) is 18.2 Å². The number of nitrogens with zero attached hydrogens (tertiary/aromatic N) is 1. The highest BCUT2D eigenvalue weighted by molar-refractivity contribution is 5.94. The quantitative estimate of drug-likeness (QED) is 0.745. The molecule has 6 heteroatoms. The molecule has 2 aromatic rings. The van der Waals surface area contributed by atoms with Gasteiger partial charge in [0, 0.05) is 30.2 Å². The van der Waals surface area contributed by atoms with Crippen molar-refractivity contribution in [3.05, 3.63) is 53.6 Å². The van der Waals surface area contributed by atoms with Crippen LogP contribution in [0.5, 0.6) is 0 Å². The number of carbonyl (C=O) groups excluding carboxylic acids is 2. The molecule has 0 bridgehead atoms. The molecular formula is C22H27N3O3. The van der Waals surface area contributed by atoms with Crippen LogP contribution in [-0.4, -0.2) is 38.6 Å². The summed E-state index contributed by atoms with van der Waals surface area (Å²) in [6, 6.07) is 13.2. The average molecular weight is 381 g/mol. The van der Waals surface area contributed by atoms with E-state index in [-0.39, 0.29) is 18.4 Å². The second-order valence-electron chi connectivity index (χ2n) is 7.02. The van der Waals surface area contributed by atoms with Crippen LogP contribution in [0.2, 0.25) is 0 Å². The lowest BCUT2D eigenvalue weighted by Gasteiger charge is -2.28. The number of benzene rings is 2. The van der Waals surface area contributed by atoms with Gasteiger partial charge in [0.15, 0.2) is 0 Å². The van der Waals surface area contributed by atoms with Gasteiger partial charge in [-0.1, -0.05) is 0 Å². The van der Waals surface area contributed by atoms with Gasteiger partial charge >= 0.3 is 5.97 Å². The molecule has 0 unspecified atom stereocenters. The number of piperidine rings is 1. The number of hydrogen-bond acceptors (Lipinski definition) is 5. The molecular weight excluding hydrogens is 354 g/mol. The molecule has 1 heterocycles. The van der Waals surface area contributed by atoms with E-state index in [0.717, 1.165) is 30.0 Å². The van der Waals surface area contributed by atoms with Gasteiger partial charge in [-0.25, -0.2) is 4.79 Å². The fraction of sp³-hybridized carbons (Fsp3) is 0.364. The summed E-state index contributed by atoms with van der Waals surface area (Å²) < 4.78 is 4.72. The van der Waals surface area contributed by atoms with Crippen LogP contribution in [0.3, 0.4) is 0 Å². The van der Waals surface area contributed by atoms with Gasteiger partial charge < -0.3 is 20.3 Å². The van der Waals surface area contributed by atoms with Gasteiger partial charge in [-0.15, -0.1) is 0 Å². The maximum absolute atomic E-state index is 12.2. The molecule has 0 radical (unpaired) electrons. The van der Waals surface area contributed by atoms with E-state index < -0.39 is 0 Å². The second-order valence-corrected chi connectivity index (χ2v) is 7.02. The van der Waals surface area contributed by atoms with Crippen molar-refractivity contribution in [2.24, 2.45) is 0 Å². The van der Waals surface area contributed by atoms with Crippen molar-refractivity contribution < 1.29 is 14.3 Å². The zero-order valence-electron chi connectivity index (χ0n) is 16.5. The van der Waals surface area contributed by atoms with E-state index in [1.165, 1.54) is 32.1 Å². The van der Waals surface area contributed by atoms with Crippen LogP contribution in [0.15, 0.2) is 42.5 Å². The summed E-state index contributed by atoms with van der Waals surface area (Å²) in [5.41, 5.74) is 4.16. The Bertz CT molecular complexity index is 827. The topological polar surface area (TPSA) is 70.7 Å². The number of hydrogen-bond donors (Lipinski definition) is 2. The van der Waals surface area contributed by atoms with Crippen molar-refractivity contribution in [3.63, 3.8) is 0 Å². The molecule has 2 aromatic carbocycles. The fourth-order valence-corrected chi connectivity index (χ4v) is 3.40. The minimum Gasteiger partial charge on any atom is -0.465 e. The van der Waals surface area contributed by atoms with Crippen LogP contribution < -0.4 is 15.5 Å². The Morgan fingerprint density at radius 1 is 1.04 bits per heavy atom. The molecule has 0 aliphatic carbocycles. The molecule has 1 saturated heterocycles. The molecule has 3 rings (SSSR count). The van der Waals surface area contributed by atoms with Gasteiger partial charge in [0.05, 0.1) is 19.2 Å². The lowest BCUT2D eigenvalue weighted by atomic mass is 10.1. The highest BCUT2D eigenvalue weighted by atomic mass is 16.5. The van der Waals surface area contributed by atoms with Crippen LogP contribution in [0.25, 0.3) is 0 Å². The predicted molar refractivity (Wildman–Crippen MR) is 112 cm³/mol. The van der Waals surface area contributed by atoms with Crippen molar-refractivity contribution in [2.45, 2.75) is 26.2 Å².